The van der Waals surface area contributed by atoms with E-state index < -0.39 is 43.3 Å². The lowest BCUT2D eigenvalue weighted by Gasteiger charge is -2.27. The molecule has 3 N–H and O–H groups in total. The molecule has 2 fully saturated rings. The number of carbonyl (C=O) groups excluding carboxylic acids is 4. The standard InChI is InChI=1S/C25H27F2N7O4/c26-25(27)12-17(13-28)34(15-25)23(37)14-31-24(38)18-5-6-30-20-2-1-16(11-19(18)20)32-21(35)3-4-22(36)33-9-7-29-8-10-33/h1-2,5-6,11,17,29H,3-4,7-10,12,14-15H2,(H,31,38)(H,32,35)/t17-/m0/s1. The van der Waals surface area contributed by atoms with Crippen molar-refractivity contribution in [1.82, 2.24) is 25.4 Å². The second-order valence-corrected chi connectivity index (χ2v) is 9.18. The fourth-order valence-electron chi connectivity index (χ4n) is 4.49. The summed E-state index contributed by atoms with van der Waals surface area (Å²) in [6.07, 6.45) is 0.753. The number of pyridine rings is 1. The zero-order valence-corrected chi connectivity index (χ0v) is 20.5. The van der Waals surface area contributed by atoms with Crippen LogP contribution in [0.3, 0.4) is 0 Å². The Kier molecular flexibility index (Phi) is 8.11. The van der Waals surface area contributed by atoms with Crippen molar-refractivity contribution >= 4 is 40.2 Å². The van der Waals surface area contributed by atoms with Gasteiger partial charge in [-0.25, -0.2) is 8.78 Å². The minimum atomic E-state index is -3.15. The number of alkyl halides is 2. The van der Waals surface area contributed by atoms with Crippen LogP contribution < -0.4 is 16.0 Å². The Morgan fingerprint density at radius 2 is 1.89 bits per heavy atom. The molecule has 1 atom stereocenters. The summed E-state index contributed by atoms with van der Waals surface area (Å²) in [5.74, 6) is -5.03. The van der Waals surface area contributed by atoms with Crippen molar-refractivity contribution in [1.29, 1.82) is 5.26 Å². The van der Waals surface area contributed by atoms with Crippen LogP contribution in [0.5, 0.6) is 0 Å². The van der Waals surface area contributed by atoms with Crippen molar-refractivity contribution in [3.05, 3.63) is 36.0 Å². The van der Waals surface area contributed by atoms with E-state index in [2.05, 4.69) is 20.9 Å². The highest BCUT2D eigenvalue weighted by molar-refractivity contribution is 6.08. The number of nitriles is 1. The molecule has 4 rings (SSSR count). The van der Waals surface area contributed by atoms with E-state index in [-0.39, 0.29) is 30.2 Å². The Balaban J connectivity index is 1.38. The van der Waals surface area contributed by atoms with Crippen molar-refractivity contribution in [2.75, 3.05) is 44.6 Å². The molecular weight excluding hydrogens is 500 g/mol. The van der Waals surface area contributed by atoms with Gasteiger partial charge in [0, 0.05) is 62.7 Å². The van der Waals surface area contributed by atoms with E-state index in [0.29, 0.717) is 29.7 Å². The molecular formula is C25H27F2N7O4. The van der Waals surface area contributed by atoms with Crippen LogP contribution in [0.1, 0.15) is 29.6 Å². The molecule has 2 saturated heterocycles. The van der Waals surface area contributed by atoms with Crippen LogP contribution in [0, 0.1) is 11.3 Å². The second-order valence-electron chi connectivity index (χ2n) is 9.18. The number of amides is 4. The van der Waals surface area contributed by atoms with Crippen LogP contribution in [-0.4, -0.2) is 89.6 Å². The molecule has 2 aliphatic rings. The Hall–Kier alpha value is -4.18. The number of fused-ring (bicyclic) bond motifs is 1. The molecule has 13 heteroatoms. The highest BCUT2D eigenvalue weighted by Crippen LogP contribution is 2.31. The van der Waals surface area contributed by atoms with Gasteiger partial charge in [0.15, 0.2) is 0 Å². The lowest BCUT2D eigenvalue weighted by Crippen LogP contribution is -2.46. The van der Waals surface area contributed by atoms with E-state index in [1.165, 1.54) is 12.3 Å². The molecule has 3 heterocycles. The van der Waals surface area contributed by atoms with Gasteiger partial charge in [0.25, 0.3) is 11.8 Å². The van der Waals surface area contributed by atoms with Gasteiger partial charge in [-0.3, -0.25) is 24.2 Å². The van der Waals surface area contributed by atoms with Gasteiger partial charge in [0.05, 0.1) is 30.2 Å². The summed E-state index contributed by atoms with van der Waals surface area (Å²) in [4.78, 5) is 56.7. The predicted octanol–water partition coefficient (Wildman–Crippen LogP) is 0.875. The van der Waals surface area contributed by atoms with Crippen LogP contribution in [0.15, 0.2) is 30.5 Å². The molecule has 11 nitrogen and oxygen atoms in total. The Morgan fingerprint density at radius 1 is 1.13 bits per heavy atom. The van der Waals surface area contributed by atoms with Gasteiger partial charge in [-0.2, -0.15) is 5.26 Å². The van der Waals surface area contributed by atoms with Gasteiger partial charge < -0.3 is 25.8 Å². The summed E-state index contributed by atoms with van der Waals surface area (Å²) in [6.45, 7) is 1.23. The summed E-state index contributed by atoms with van der Waals surface area (Å²) >= 11 is 0. The summed E-state index contributed by atoms with van der Waals surface area (Å²) in [5, 5.41) is 17.8. The molecule has 0 saturated carbocycles. The van der Waals surface area contributed by atoms with E-state index in [1.54, 1.807) is 29.2 Å². The number of benzene rings is 1. The largest absolute Gasteiger partial charge is 0.343 e. The highest BCUT2D eigenvalue weighted by atomic mass is 19.3. The molecule has 200 valence electrons. The van der Waals surface area contributed by atoms with Gasteiger partial charge in [0.1, 0.15) is 6.04 Å². The van der Waals surface area contributed by atoms with Crippen LogP contribution in [-0.2, 0) is 14.4 Å². The van der Waals surface area contributed by atoms with Gasteiger partial charge in [-0.05, 0) is 24.3 Å². The fraction of sp³-hybridized carbons (Fsp3) is 0.440. The summed E-state index contributed by atoms with van der Waals surface area (Å²) in [6, 6.07) is 6.66. The summed E-state index contributed by atoms with van der Waals surface area (Å²) in [7, 11) is 0. The quantitative estimate of drug-likeness (QED) is 0.484. The minimum Gasteiger partial charge on any atom is -0.343 e. The van der Waals surface area contributed by atoms with Gasteiger partial charge in [0.2, 0.25) is 17.7 Å². The number of rotatable bonds is 7. The van der Waals surface area contributed by atoms with Gasteiger partial charge in [-0.15, -0.1) is 0 Å². The maximum Gasteiger partial charge on any atom is 0.268 e. The van der Waals surface area contributed by atoms with E-state index in [9.17, 15) is 28.0 Å². The van der Waals surface area contributed by atoms with E-state index in [4.69, 9.17) is 5.26 Å². The number of hydrogen-bond acceptors (Lipinski definition) is 7. The van der Waals surface area contributed by atoms with Crippen LogP contribution in [0.25, 0.3) is 10.9 Å². The predicted molar refractivity (Wildman–Crippen MR) is 132 cm³/mol. The van der Waals surface area contributed by atoms with Crippen LogP contribution in [0.2, 0.25) is 0 Å². The molecule has 0 spiro atoms. The number of carbonyl (C=O) groups is 4. The van der Waals surface area contributed by atoms with E-state index >= 15 is 0 Å². The number of aromatic nitrogens is 1. The molecule has 2 aromatic rings. The van der Waals surface area contributed by atoms with Crippen molar-refractivity contribution in [3.8, 4) is 6.07 Å². The van der Waals surface area contributed by atoms with Crippen molar-refractivity contribution < 1.29 is 28.0 Å². The first kappa shape index (κ1) is 26.9. The van der Waals surface area contributed by atoms with Crippen molar-refractivity contribution in [3.63, 3.8) is 0 Å². The number of piperazine rings is 1. The normalized spacial score (nSPS) is 18.6. The molecule has 1 aromatic heterocycles. The number of nitrogens with one attached hydrogen (secondary N) is 3. The Labute approximate surface area is 217 Å². The van der Waals surface area contributed by atoms with E-state index in [0.717, 1.165) is 18.0 Å². The molecule has 0 aliphatic carbocycles. The number of nitrogens with zero attached hydrogens (tertiary/aromatic N) is 4. The van der Waals surface area contributed by atoms with E-state index in [1.807, 2.05) is 0 Å². The van der Waals surface area contributed by atoms with Gasteiger partial charge >= 0.3 is 0 Å². The molecule has 0 radical (unpaired) electrons. The lowest BCUT2D eigenvalue weighted by atomic mass is 10.1. The third kappa shape index (κ3) is 6.38. The molecule has 2 aliphatic heterocycles. The van der Waals surface area contributed by atoms with Gasteiger partial charge in [-0.1, -0.05) is 0 Å². The average Bonchev–Trinajstić information content (AvgIpc) is 3.24. The third-order valence-corrected chi connectivity index (χ3v) is 6.44. The van der Waals surface area contributed by atoms with Crippen molar-refractivity contribution in [2.45, 2.75) is 31.2 Å². The zero-order valence-electron chi connectivity index (χ0n) is 20.5. The topological polar surface area (TPSA) is 148 Å². The first-order chi connectivity index (χ1) is 18.2. The molecule has 4 amide bonds. The average molecular weight is 528 g/mol. The molecule has 38 heavy (non-hydrogen) atoms. The Bertz CT molecular complexity index is 1290. The summed E-state index contributed by atoms with van der Waals surface area (Å²) < 4.78 is 27.3. The third-order valence-electron chi connectivity index (χ3n) is 6.44. The SMILES string of the molecule is N#C[C@@H]1CC(F)(F)CN1C(=O)CNC(=O)c1ccnc2ccc(NC(=O)CCC(=O)N3CCNCC3)cc12. The number of halogens is 2. The maximum atomic E-state index is 13.6. The highest BCUT2D eigenvalue weighted by Gasteiger charge is 2.47. The first-order valence-corrected chi connectivity index (χ1v) is 12.2. The number of anilines is 1. The van der Waals surface area contributed by atoms with Crippen molar-refractivity contribution in [2.24, 2.45) is 0 Å². The lowest BCUT2D eigenvalue weighted by molar-refractivity contribution is -0.133. The number of likely N-dealkylation sites (tertiary alicyclic amines) is 1. The summed E-state index contributed by atoms with van der Waals surface area (Å²) in [5.41, 5.74) is 1.02. The fourth-order valence-corrected chi connectivity index (χ4v) is 4.49. The van der Waals surface area contributed by atoms with Crippen LogP contribution in [0.4, 0.5) is 14.5 Å². The zero-order chi connectivity index (χ0) is 27.3. The maximum absolute atomic E-state index is 13.6. The number of hydrogen-bond donors (Lipinski definition) is 3. The monoisotopic (exact) mass is 527 g/mol. The minimum absolute atomic E-state index is 0.00251. The first-order valence-electron chi connectivity index (χ1n) is 12.2. The smallest absolute Gasteiger partial charge is 0.268 e. The second kappa shape index (κ2) is 11.5. The molecule has 0 unspecified atom stereocenters. The molecule has 0 bridgehead atoms. The molecule has 1 aromatic carbocycles. The Morgan fingerprint density at radius 3 is 2.63 bits per heavy atom. The van der Waals surface area contributed by atoms with Crippen LogP contribution >= 0.6 is 0 Å².